The molecule has 140 valence electrons. The van der Waals surface area contributed by atoms with Crippen molar-refractivity contribution in [2.45, 2.75) is 32.2 Å². The van der Waals surface area contributed by atoms with E-state index in [9.17, 15) is 14.0 Å². The second kappa shape index (κ2) is 6.42. The first kappa shape index (κ1) is 17.6. The number of furan rings is 1. The highest BCUT2D eigenvalue weighted by Gasteiger charge is 2.34. The fourth-order valence-electron chi connectivity index (χ4n) is 3.36. The molecule has 0 bridgehead atoms. The maximum absolute atomic E-state index is 13.4. The van der Waals surface area contributed by atoms with Crippen LogP contribution in [0.2, 0.25) is 5.02 Å². The number of rotatable bonds is 3. The van der Waals surface area contributed by atoms with Crippen LogP contribution in [0.15, 0.2) is 39.5 Å². The van der Waals surface area contributed by atoms with E-state index in [-0.39, 0.29) is 29.0 Å². The summed E-state index contributed by atoms with van der Waals surface area (Å²) in [7, 11) is 0. The van der Waals surface area contributed by atoms with Crippen molar-refractivity contribution in [2.24, 2.45) is 0 Å². The molecule has 27 heavy (non-hydrogen) atoms. The first-order valence-corrected chi connectivity index (χ1v) is 8.92. The summed E-state index contributed by atoms with van der Waals surface area (Å²) in [6.45, 7) is 3.82. The number of carbonyl (C=O) groups is 1. The van der Waals surface area contributed by atoms with E-state index in [0.29, 0.717) is 28.5 Å². The van der Waals surface area contributed by atoms with E-state index in [0.717, 1.165) is 0 Å². The molecule has 3 aromatic rings. The van der Waals surface area contributed by atoms with Crippen molar-refractivity contribution < 1.29 is 13.6 Å². The van der Waals surface area contributed by atoms with Crippen molar-refractivity contribution in [3.63, 3.8) is 0 Å². The molecule has 1 atom stereocenters. The topological polar surface area (TPSA) is 80.0 Å². The van der Waals surface area contributed by atoms with E-state index in [1.54, 1.807) is 22.9 Å². The molecule has 1 aliphatic heterocycles. The van der Waals surface area contributed by atoms with Crippen LogP contribution in [0.1, 0.15) is 43.6 Å². The molecule has 0 fully saturated rings. The predicted molar refractivity (Wildman–Crippen MR) is 99.6 cm³/mol. The van der Waals surface area contributed by atoms with Crippen molar-refractivity contribution >= 4 is 23.3 Å². The summed E-state index contributed by atoms with van der Waals surface area (Å²) in [6.07, 6.45) is 0.106. The lowest BCUT2D eigenvalue weighted by atomic mass is 9.92. The molecule has 2 aromatic heterocycles. The number of benzene rings is 1. The Morgan fingerprint density at radius 3 is 2.74 bits per heavy atom. The maximum Gasteiger partial charge on any atom is 0.270 e. The third kappa shape index (κ3) is 2.98. The number of amides is 1. The average molecular weight is 390 g/mol. The molecule has 1 amide bonds. The van der Waals surface area contributed by atoms with Gasteiger partial charge >= 0.3 is 0 Å². The number of fused-ring (bicyclic) bond motifs is 1. The number of aromatic amines is 1. The first-order chi connectivity index (χ1) is 12.8. The fourth-order valence-corrected chi connectivity index (χ4v) is 3.54. The van der Waals surface area contributed by atoms with Gasteiger partial charge in [0.2, 0.25) is 5.91 Å². The Morgan fingerprint density at radius 1 is 1.26 bits per heavy atom. The number of halogens is 2. The van der Waals surface area contributed by atoms with Gasteiger partial charge in [0, 0.05) is 18.0 Å². The van der Waals surface area contributed by atoms with E-state index in [1.165, 1.54) is 12.1 Å². The monoisotopic (exact) mass is 389 g/mol. The van der Waals surface area contributed by atoms with E-state index in [4.69, 9.17) is 16.0 Å². The summed E-state index contributed by atoms with van der Waals surface area (Å²) in [4.78, 5) is 24.7. The highest BCUT2D eigenvalue weighted by molar-refractivity contribution is 6.31. The number of anilines is 1. The zero-order valence-corrected chi connectivity index (χ0v) is 15.4. The second-order valence-corrected chi connectivity index (χ2v) is 7.21. The van der Waals surface area contributed by atoms with Gasteiger partial charge in [-0.25, -0.2) is 4.39 Å². The number of nitrogens with zero attached hydrogens (tertiary/aromatic N) is 1. The lowest BCUT2D eigenvalue weighted by Crippen LogP contribution is -2.27. The van der Waals surface area contributed by atoms with Crippen LogP contribution in [-0.2, 0) is 4.79 Å². The Bertz CT molecular complexity index is 1100. The highest BCUT2D eigenvalue weighted by atomic mass is 35.5. The molecule has 0 unspecified atom stereocenters. The van der Waals surface area contributed by atoms with Gasteiger partial charge in [0.25, 0.3) is 5.56 Å². The third-order valence-electron chi connectivity index (χ3n) is 4.65. The summed E-state index contributed by atoms with van der Waals surface area (Å²) in [5.74, 6) is 0.250. The predicted octanol–water partition coefficient (Wildman–Crippen LogP) is 4.28. The van der Waals surface area contributed by atoms with Gasteiger partial charge in [-0.15, -0.1) is 0 Å². The number of hydrogen-bond donors (Lipinski definition) is 2. The van der Waals surface area contributed by atoms with Gasteiger partial charge in [0.1, 0.15) is 23.2 Å². The van der Waals surface area contributed by atoms with Crippen LogP contribution in [0, 0.1) is 5.82 Å². The second-order valence-electron chi connectivity index (χ2n) is 6.80. The normalized spacial score (nSPS) is 16.5. The summed E-state index contributed by atoms with van der Waals surface area (Å²) >= 11 is 5.84. The van der Waals surface area contributed by atoms with Crippen LogP contribution >= 0.6 is 11.6 Å². The Morgan fingerprint density at radius 2 is 2.04 bits per heavy atom. The Hall–Kier alpha value is -2.80. The van der Waals surface area contributed by atoms with E-state index in [1.807, 2.05) is 13.8 Å². The van der Waals surface area contributed by atoms with Gasteiger partial charge in [-0.05, 0) is 44.2 Å². The third-order valence-corrected chi connectivity index (χ3v) is 4.94. The SMILES string of the molecule is CC(C)n1[nH]c(=O)c2c1NC(=O)C[C@H]2c1ccc(-c2ccc(F)c(Cl)c2)o1. The minimum atomic E-state index is -0.512. The number of nitrogens with one attached hydrogen (secondary N) is 2. The van der Waals surface area contributed by atoms with Gasteiger partial charge < -0.3 is 9.73 Å². The molecule has 0 radical (unpaired) electrons. The smallest absolute Gasteiger partial charge is 0.270 e. The molecule has 0 aliphatic carbocycles. The van der Waals surface area contributed by atoms with Gasteiger partial charge in [-0.3, -0.25) is 19.4 Å². The van der Waals surface area contributed by atoms with E-state index >= 15 is 0 Å². The number of carbonyl (C=O) groups excluding carboxylic acids is 1. The van der Waals surface area contributed by atoms with Crippen molar-refractivity contribution in [1.82, 2.24) is 9.78 Å². The molecule has 2 N–H and O–H groups in total. The summed E-state index contributed by atoms with van der Waals surface area (Å²) in [5.41, 5.74) is 0.828. The molecule has 3 heterocycles. The minimum absolute atomic E-state index is 0.00441. The quantitative estimate of drug-likeness (QED) is 0.701. The van der Waals surface area contributed by atoms with Crippen LogP contribution in [-0.4, -0.2) is 15.7 Å². The highest BCUT2D eigenvalue weighted by Crippen LogP contribution is 2.38. The number of aromatic nitrogens is 2. The lowest BCUT2D eigenvalue weighted by Gasteiger charge is -2.22. The Kier molecular flexibility index (Phi) is 4.19. The average Bonchev–Trinajstić information content (AvgIpc) is 3.22. The molecule has 0 spiro atoms. The molecular formula is C19H17ClFN3O3. The molecular weight excluding hydrogens is 373 g/mol. The number of H-pyrrole nitrogens is 1. The first-order valence-electron chi connectivity index (χ1n) is 8.54. The standard InChI is InChI=1S/C19H17ClFN3O3/c1-9(2)24-18-17(19(26)23-24)11(8-16(25)22-18)15-6-5-14(27-15)10-3-4-13(21)12(20)7-10/h3-7,9,11H,8H2,1-2H3,(H,22,25)(H,23,26)/t11-/m0/s1. The van der Waals surface area contributed by atoms with Crippen molar-refractivity contribution in [2.75, 3.05) is 5.32 Å². The Labute approximate surface area is 158 Å². The maximum atomic E-state index is 13.4. The van der Waals surface area contributed by atoms with Crippen LogP contribution in [0.25, 0.3) is 11.3 Å². The van der Waals surface area contributed by atoms with E-state index in [2.05, 4.69) is 10.4 Å². The molecule has 0 saturated carbocycles. The molecule has 8 heteroatoms. The Balaban J connectivity index is 1.77. The van der Waals surface area contributed by atoms with Crippen molar-refractivity contribution in [3.8, 4) is 11.3 Å². The van der Waals surface area contributed by atoms with Gasteiger partial charge in [0.15, 0.2) is 0 Å². The molecule has 4 rings (SSSR count). The lowest BCUT2D eigenvalue weighted by molar-refractivity contribution is -0.116. The van der Waals surface area contributed by atoms with Crippen LogP contribution in [0.5, 0.6) is 0 Å². The minimum Gasteiger partial charge on any atom is -0.460 e. The van der Waals surface area contributed by atoms with Gasteiger partial charge in [0.05, 0.1) is 16.5 Å². The molecule has 1 aliphatic rings. The molecule has 6 nitrogen and oxygen atoms in total. The molecule has 0 saturated heterocycles. The summed E-state index contributed by atoms with van der Waals surface area (Å²) in [6, 6.07) is 7.73. The molecule has 1 aromatic carbocycles. The fraction of sp³-hybridized carbons (Fsp3) is 0.263. The zero-order chi connectivity index (χ0) is 19.3. The van der Waals surface area contributed by atoms with Gasteiger partial charge in [-0.2, -0.15) is 0 Å². The summed E-state index contributed by atoms with van der Waals surface area (Å²) in [5, 5.41) is 5.54. The van der Waals surface area contributed by atoms with Crippen LogP contribution in [0.3, 0.4) is 0 Å². The van der Waals surface area contributed by atoms with Gasteiger partial charge in [-0.1, -0.05) is 11.6 Å². The zero-order valence-electron chi connectivity index (χ0n) is 14.7. The number of hydrogen-bond acceptors (Lipinski definition) is 3. The summed E-state index contributed by atoms with van der Waals surface area (Å²) < 4.78 is 20.9. The van der Waals surface area contributed by atoms with Crippen LogP contribution < -0.4 is 10.9 Å². The van der Waals surface area contributed by atoms with Crippen molar-refractivity contribution in [3.05, 3.63) is 62.8 Å². The van der Waals surface area contributed by atoms with Crippen molar-refractivity contribution in [1.29, 1.82) is 0 Å². The largest absolute Gasteiger partial charge is 0.460 e. The van der Waals surface area contributed by atoms with Crippen LogP contribution in [0.4, 0.5) is 10.2 Å². The van der Waals surface area contributed by atoms with E-state index < -0.39 is 11.7 Å².